The van der Waals surface area contributed by atoms with Crippen LogP contribution in [0.1, 0.15) is 12.5 Å². The fourth-order valence-corrected chi connectivity index (χ4v) is 2.82. The van der Waals surface area contributed by atoms with Crippen LogP contribution in [0, 0.1) is 13.7 Å². The largest absolute Gasteiger partial charge is 0.490 e. The average Bonchev–Trinajstić information content (AvgIpc) is 2.61. The number of benzene rings is 2. The lowest BCUT2D eigenvalue weighted by atomic mass is 10.2. The van der Waals surface area contributed by atoms with Gasteiger partial charge in [-0.3, -0.25) is 15.5 Å². The topological polar surface area (TPSA) is 123 Å². The molecule has 2 N–H and O–H groups in total. The molecule has 2 rings (SSSR count). The third kappa shape index (κ3) is 6.09. The number of hydrogen-bond acceptors (Lipinski definition) is 7. The summed E-state index contributed by atoms with van der Waals surface area (Å²) in [5.41, 5.74) is 4.08. The summed E-state index contributed by atoms with van der Waals surface area (Å²) in [7, 11) is 0. The van der Waals surface area contributed by atoms with Crippen LogP contribution in [0.15, 0.2) is 41.5 Å². The van der Waals surface area contributed by atoms with E-state index in [2.05, 4.69) is 10.5 Å². The van der Waals surface area contributed by atoms with E-state index in [0.717, 1.165) is 0 Å². The lowest BCUT2D eigenvalue weighted by Crippen LogP contribution is -2.11. The Morgan fingerprint density at radius 1 is 1.33 bits per heavy atom. The van der Waals surface area contributed by atoms with Gasteiger partial charge in [-0.15, -0.1) is 0 Å². The highest BCUT2D eigenvalue weighted by Crippen LogP contribution is 2.34. The fraction of sp³-hybridized carbons (Fsp3) is 0.176. The average molecular weight is 485 g/mol. The van der Waals surface area contributed by atoms with Crippen molar-refractivity contribution in [2.24, 2.45) is 5.10 Å². The molecule has 0 aliphatic carbocycles. The summed E-state index contributed by atoms with van der Waals surface area (Å²) >= 11 is 2.03. The normalized spacial score (nSPS) is 10.6. The molecule has 27 heavy (non-hydrogen) atoms. The first kappa shape index (κ1) is 20.4. The molecule has 2 aromatic rings. The Morgan fingerprint density at radius 2 is 2.04 bits per heavy atom. The molecule has 0 saturated carbocycles. The maximum atomic E-state index is 10.7. The maximum Gasteiger partial charge on any atom is 0.341 e. The first-order chi connectivity index (χ1) is 12.9. The smallest absolute Gasteiger partial charge is 0.341 e. The Morgan fingerprint density at radius 3 is 2.63 bits per heavy atom. The molecule has 142 valence electrons. The van der Waals surface area contributed by atoms with Crippen molar-refractivity contribution in [3.63, 3.8) is 0 Å². The highest BCUT2D eigenvalue weighted by molar-refractivity contribution is 14.1. The number of rotatable bonds is 9. The molecule has 0 bridgehead atoms. The van der Waals surface area contributed by atoms with Gasteiger partial charge in [0, 0.05) is 12.1 Å². The van der Waals surface area contributed by atoms with Gasteiger partial charge >= 0.3 is 5.97 Å². The first-order valence-electron chi connectivity index (χ1n) is 7.75. The first-order valence-corrected chi connectivity index (χ1v) is 8.83. The number of aliphatic carboxylic acids is 1. The molecule has 0 aliphatic heterocycles. The fourth-order valence-electron chi connectivity index (χ4n) is 2.04. The number of non-ortho nitro benzene ring substituents is 1. The zero-order valence-electron chi connectivity index (χ0n) is 14.2. The molecule has 0 aliphatic rings. The van der Waals surface area contributed by atoms with E-state index in [1.54, 1.807) is 30.5 Å². The molecule has 0 aromatic heterocycles. The number of halogens is 1. The summed E-state index contributed by atoms with van der Waals surface area (Å²) in [6.07, 6.45) is 1.55. The van der Waals surface area contributed by atoms with E-state index >= 15 is 0 Å². The molecule has 0 saturated heterocycles. The van der Waals surface area contributed by atoms with Crippen molar-refractivity contribution in [3.05, 3.63) is 55.6 Å². The second-order valence-corrected chi connectivity index (χ2v) is 6.28. The van der Waals surface area contributed by atoms with E-state index in [1.165, 1.54) is 12.1 Å². The van der Waals surface area contributed by atoms with Gasteiger partial charge in [0.25, 0.3) is 5.69 Å². The monoisotopic (exact) mass is 485 g/mol. The number of hydrogen-bond donors (Lipinski definition) is 2. The minimum Gasteiger partial charge on any atom is -0.490 e. The highest BCUT2D eigenvalue weighted by Gasteiger charge is 2.13. The molecule has 0 fully saturated rings. The van der Waals surface area contributed by atoms with Crippen molar-refractivity contribution >= 4 is 46.1 Å². The lowest BCUT2D eigenvalue weighted by Gasteiger charge is -2.13. The molecule has 0 heterocycles. The Balaban J connectivity index is 2.13. The van der Waals surface area contributed by atoms with Gasteiger partial charge in [0.15, 0.2) is 18.1 Å². The standard InChI is InChI=1S/C17H16IN3O6/c1-2-26-15-8-11(7-14(18)17(15)27-10-16(22)23)9-19-20-12-3-5-13(6-4-12)21(24)25/h3-9,20H,2,10H2,1H3,(H,22,23)/b19-9+. The minimum atomic E-state index is -1.08. The van der Waals surface area contributed by atoms with Crippen molar-refractivity contribution in [2.75, 3.05) is 18.6 Å². The van der Waals surface area contributed by atoms with E-state index in [4.69, 9.17) is 14.6 Å². The summed E-state index contributed by atoms with van der Waals surface area (Å²) < 4.78 is 11.5. The lowest BCUT2D eigenvalue weighted by molar-refractivity contribution is -0.384. The third-order valence-corrected chi connectivity index (χ3v) is 3.96. The predicted molar refractivity (Wildman–Crippen MR) is 108 cm³/mol. The molecule has 0 unspecified atom stereocenters. The summed E-state index contributed by atoms with van der Waals surface area (Å²) in [6.45, 7) is 1.73. The Bertz CT molecular complexity index is 854. The van der Waals surface area contributed by atoms with Crippen LogP contribution in [0.2, 0.25) is 0 Å². The molecule has 0 radical (unpaired) electrons. The van der Waals surface area contributed by atoms with Gasteiger partial charge in [0.2, 0.25) is 0 Å². The molecule has 2 aromatic carbocycles. The van der Waals surface area contributed by atoms with Crippen LogP contribution in [-0.4, -0.2) is 35.4 Å². The van der Waals surface area contributed by atoms with Crippen LogP contribution >= 0.6 is 22.6 Å². The molecule has 0 spiro atoms. The van der Waals surface area contributed by atoms with E-state index in [-0.39, 0.29) is 5.69 Å². The van der Waals surface area contributed by atoms with Crippen LogP contribution in [0.3, 0.4) is 0 Å². The van der Waals surface area contributed by atoms with Crippen LogP contribution in [0.4, 0.5) is 11.4 Å². The van der Waals surface area contributed by atoms with Crippen molar-refractivity contribution in [1.82, 2.24) is 0 Å². The number of carboxylic acid groups (broad SMARTS) is 1. The van der Waals surface area contributed by atoms with Crippen LogP contribution < -0.4 is 14.9 Å². The summed E-state index contributed by atoms with van der Waals surface area (Å²) in [5, 5.41) is 23.5. The molecule has 0 amide bonds. The van der Waals surface area contributed by atoms with E-state index in [1.807, 2.05) is 29.5 Å². The molecule has 0 atom stereocenters. The van der Waals surface area contributed by atoms with Gasteiger partial charge in [-0.1, -0.05) is 0 Å². The Hall–Kier alpha value is -2.89. The number of nitrogens with zero attached hydrogens (tertiary/aromatic N) is 2. The number of carbonyl (C=O) groups is 1. The van der Waals surface area contributed by atoms with Crippen LogP contribution in [0.5, 0.6) is 11.5 Å². The number of nitrogens with one attached hydrogen (secondary N) is 1. The maximum absolute atomic E-state index is 10.7. The number of ether oxygens (including phenoxy) is 2. The van der Waals surface area contributed by atoms with Gasteiger partial charge in [-0.25, -0.2) is 4.79 Å². The zero-order valence-corrected chi connectivity index (χ0v) is 16.4. The quantitative estimate of drug-likeness (QED) is 0.241. The van der Waals surface area contributed by atoms with Crippen molar-refractivity contribution in [3.8, 4) is 11.5 Å². The number of nitro groups is 1. The van der Waals surface area contributed by atoms with Crippen molar-refractivity contribution < 1.29 is 24.3 Å². The second-order valence-electron chi connectivity index (χ2n) is 5.12. The molecule has 9 nitrogen and oxygen atoms in total. The van der Waals surface area contributed by atoms with Gasteiger partial charge in [-0.05, 0) is 59.3 Å². The van der Waals surface area contributed by atoms with Gasteiger partial charge < -0.3 is 14.6 Å². The van der Waals surface area contributed by atoms with Gasteiger partial charge in [0.05, 0.1) is 27.0 Å². The third-order valence-electron chi connectivity index (χ3n) is 3.16. The summed E-state index contributed by atoms with van der Waals surface area (Å²) in [4.78, 5) is 20.9. The van der Waals surface area contributed by atoms with Crippen LogP contribution in [0.25, 0.3) is 0 Å². The highest BCUT2D eigenvalue weighted by atomic mass is 127. The number of hydrazone groups is 1. The molecular formula is C17H16IN3O6. The van der Waals surface area contributed by atoms with E-state index < -0.39 is 17.5 Å². The van der Waals surface area contributed by atoms with E-state index in [0.29, 0.717) is 32.9 Å². The molecule has 10 heteroatoms. The second kappa shape index (κ2) is 9.71. The molecular weight excluding hydrogens is 469 g/mol. The van der Waals surface area contributed by atoms with Gasteiger partial charge in [-0.2, -0.15) is 5.10 Å². The minimum absolute atomic E-state index is 0.00242. The Labute approximate surface area is 168 Å². The van der Waals surface area contributed by atoms with E-state index in [9.17, 15) is 14.9 Å². The van der Waals surface area contributed by atoms with Crippen molar-refractivity contribution in [2.45, 2.75) is 6.92 Å². The van der Waals surface area contributed by atoms with Gasteiger partial charge in [0.1, 0.15) is 0 Å². The number of nitro benzene ring substituents is 1. The van der Waals surface area contributed by atoms with Crippen LogP contribution in [-0.2, 0) is 4.79 Å². The Kier molecular flexibility index (Phi) is 7.34. The predicted octanol–water partition coefficient (Wildman–Crippen LogP) is 3.51. The number of carboxylic acids is 1. The zero-order chi connectivity index (χ0) is 19.8. The number of anilines is 1. The SMILES string of the molecule is CCOc1cc(/C=N/Nc2ccc([N+](=O)[O-])cc2)cc(I)c1OCC(=O)O. The summed E-state index contributed by atoms with van der Waals surface area (Å²) in [5.74, 6) is -0.297. The van der Waals surface area contributed by atoms with Crippen molar-refractivity contribution in [1.29, 1.82) is 0 Å². The summed E-state index contributed by atoms with van der Waals surface area (Å²) in [6, 6.07) is 9.30.